The summed E-state index contributed by atoms with van der Waals surface area (Å²) in [6, 6.07) is 15.8. The van der Waals surface area contributed by atoms with E-state index < -0.39 is 0 Å². The second-order valence-electron chi connectivity index (χ2n) is 5.27. The first-order chi connectivity index (χ1) is 11.6. The lowest BCUT2D eigenvalue weighted by Crippen LogP contribution is -2.07. The minimum atomic E-state index is -0.257. The monoisotopic (exact) mass is 342 g/mol. The number of nitrogens with one attached hydrogen (secondary N) is 2. The van der Waals surface area contributed by atoms with Gasteiger partial charge in [0.2, 0.25) is 5.95 Å². The van der Waals surface area contributed by atoms with Crippen molar-refractivity contribution in [3.63, 3.8) is 0 Å². The fourth-order valence-electron chi connectivity index (χ4n) is 2.23. The lowest BCUT2D eigenvalue weighted by atomic mass is 10.2. The van der Waals surface area contributed by atoms with Gasteiger partial charge in [0, 0.05) is 23.9 Å². The zero-order valence-corrected chi connectivity index (χ0v) is 13.8. The van der Waals surface area contributed by atoms with Crippen molar-refractivity contribution in [2.75, 3.05) is 10.6 Å². The Morgan fingerprint density at radius 2 is 1.79 bits per heavy atom. The Kier molecular flexibility index (Phi) is 4.91. The highest BCUT2D eigenvalue weighted by molar-refractivity contribution is 6.33. The van der Waals surface area contributed by atoms with Crippen LogP contribution in [0.1, 0.15) is 11.3 Å². The predicted octanol–water partition coefficient (Wildman–Crippen LogP) is 4.93. The first-order valence-corrected chi connectivity index (χ1v) is 7.84. The summed E-state index contributed by atoms with van der Waals surface area (Å²) in [6.07, 6.45) is 0. The number of benzene rings is 2. The third-order valence-corrected chi connectivity index (χ3v) is 3.72. The Balaban J connectivity index is 1.77. The summed E-state index contributed by atoms with van der Waals surface area (Å²) in [7, 11) is 0. The van der Waals surface area contributed by atoms with Crippen LogP contribution in [0.4, 0.5) is 21.8 Å². The van der Waals surface area contributed by atoms with Gasteiger partial charge in [-0.3, -0.25) is 0 Å². The predicted molar refractivity (Wildman–Crippen MR) is 95.2 cm³/mol. The van der Waals surface area contributed by atoms with Crippen LogP contribution in [0.2, 0.25) is 5.02 Å². The Morgan fingerprint density at radius 1 is 1.04 bits per heavy atom. The Bertz CT molecular complexity index is 854. The molecule has 0 aliphatic carbocycles. The quantitative estimate of drug-likeness (QED) is 0.690. The molecule has 2 aromatic carbocycles. The van der Waals surface area contributed by atoms with E-state index in [9.17, 15) is 4.39 Å². The minimum Gasteiger partial charge on any atom is -0.350 e. The van der Waals surface area contributed by atoms with Crippen molar-refractivity contribution < 1.29 is 4.39 Å². The molecule has 3 aromatic rings. The molecule has 0 spiro atoms. The molecule has 1 heterocycles. The van der Waals surface area contributed by atoms with E-state index in [0.29, 0.717) is 28.9 Å². The summed E-state index contributed by atoms with van der Waals surface area (Å²) in [6.45, 7) is 2.18. The van der Waals surface area contributed by atoms with E-state index in [1.54, 1.807) is 24.3 Å². The maximum Gasteiger partial charge on any atom is 0.225 e. The van der Waals surface area contributed by atoms with Gasteiger partial charge in [-0.05, 0) is 25.1 Å². The SMILES string of the molecule is Cc1cc(Nc2ccccc2Cl)nc(NCc2ccccc2F)n1. The van der Waals surface area contributed by atoms with Gasteiger partial charge < -0.3 is 10.6 Å². The molecular weight excluding hydrogens is 327 g/mol. The average molecular weight is 343 g/mol. The number of rotatable bonds is 5. The molecule has 0 aliphatic heterocycles. The minimum absolute atomic E-state index is 0.257. The number of hydrogen-bond acceptors (Lipinski definition) is 4. The van der Waals surface area contributed by atoms with Gasteiger partial charge in [0.15, 0.2) is 0 Å². The third-order valence-electron chi connectivity index (χ3n) is 3.39. The number of para-hydroxylation sites is 1. The largest absolute Gasteiger partial charge is 0.350 e. The van der Waals surface area contributed by atoms with Crippen LogP contribution in [-0.4, -0.2) is 9.97 Å². The first kappa shape index (κ1) is 16.2. The number of hydrogen-bond donors (Lipinski definition) is 2. The second kappa shape index (κ2) is 7.27. The molecule has 6 heteroatoms. The van der Waals surface area contributed by atoms with Crippen molar-refractivity contribution in [3.8, 4) is 0 Å². The van der Waals surface area contributed by atoms with Gasteiger partial charge in [0.05, 0.1) is 10.7 Å². The first-order valence-electron chi connectivity index (χ1n) is 7.46. The van der Waals surface area contributed by atoms with Crippen LogP contribution in [0.5, 0.6) is 0 Å². The molecule has 0 bridgehead atoms. The van der Waals surface area contributed by atoms with Crippen LogP contribution in [0.15, 0.2) is 54.6 Å². The molecule has 0 amide bonds. The van der Waals surface area contributed by atoms with Crippen LogP contribution in [-0.2, 0) is 6.54 Å². The molecule has 0 saturated heterocycles. The van der Waals surface area contributed by atoms with Crippen molar-refractivity contribution >= 4 is 29.1 Å². The average Bonchev–Trinajstić information content (AvgIpc) is 2.56. The number of nitrogens with zero attached hydrogens (tertiary/aromatic N) is 2. The normalized spacial score (nSPS) is 10.5. The maximum atomic E-state index is 13.7. The van der Waals surface area contributed by atoms with Gasteiger partial charge in [-0.2, -0.15) is 4.98 Å². The molecule has 0 aliphatic rings. The molecule has 1 aromatic heterocycles. The molecule has 24 heavy (non-hydrogen) atoms. The summed E-state index contributed by atoms with van der Waals surface area (Å²) in [5.74, 6) is 0.784. The van der Waals surface area contributed by atoms with Crippen molar-refractivity contribution in [2.45, 2.75) is 13.5 Å². The fraction of sp³-hybridized carbons (Fsp3) is 0.111. The number of halogens is 2. The summed E-state index contributed by atoms with van der Waals surface area (Å²) in [5, 5.41) is 6.82. The van der Waals surface area contributed by atoms with Gasteiger partial charge in [-0.15, -0.1) is 0 Å². The highest BCUT2D eigenvalue weighted by atomic mass is 35.5. The van der Waals surface area contributed by atoms with Gasteiger partial charge in [0.1, 0.15) is 11.6 Å². The van der Waals surface area contributed by atoms with Crippen molar-refractivity contribution in [3.05, 3.63) is 76.7 Å². The summed E-state index contributed by atoms with van der Waals surface area (Å²) >= 11 is 6.15. The summed E-state index contributed by atoms with van der Waals surface area (Å²) in [5.41, 5.74) is 2.11. The third kappa shape index (κ3) is 4.00. The van der Waals surface area contributed by atoms with Crippen molar-refractivity contribution in [2.24, 2.45) is 0 Å². The second-order valence-corrected chi connectivity index (χ2v) is 5.68. The smallest absolute Gasteiger partial charge is 0.225 e. The van der Waals surface area contributed by atoms with E-state index in [4.69, 9.17) is 11.6 Å². The molecule has 4 nitrogen and oxygen atoms in total. The van der Waals surface area contributed by atoms with E-state index in [2.05, 4.69) is 20.6 Å². The zero-order valence-electron chi connectivity index (χ0n) is 13.1. The van der Waals surface area contributed by atoms with Crippen LogP contribution in [0.3, 0.4) is 0 Å². The van der Waals surface area contributed by atoms with Gasteiger partial charge >= 0.3 is 0 Å². The maximum absolute atomic E-state index is 13.7. The van der Waals surface area contributed by atoms with Crippen LogP contribution >= 0.6 is 11.6 Å². The van der Waals surface area contributed by atoms with E-state index in [-0.39, 0.29) is 5.82 Å². The van der Waals surface area contributed by atoms with Gasteiger partial charge in [-0.1, -0.05) is 41.9 Å². The standard InChI is InChI=1S/C18H16ClFN4/c1-12-10-17(23-16-9-5-3-7-14(16)19)24-18(22-12)21-11-13-6-2-4-8-15(13)20/h2-10H,11H2,1H3,(H2,21,22,23,24). The van der Waals surface area contributed by atoms with E-state index >= 15 is 0 Å². The summed E-state index contributed by atoms with van der Waals surface area (Å²) < 4.78 is 13.7. The lowest BCUT2D eigenvalue weighted by molar-refractivity contribution is 0.612. The van der Waals surface area contributed by atoms with Gasteiger partial charge in [0.25, 0.3) is 0 Å². The number of aryl methyl sites for hydroxylation is 1. The highest BCUT2D eigenvalue weighted by Gasteiger charge is 2.06. The van der Waals surface area contributed by atoms with E-state index in [1.165, 1.54) is 6.07 Å². The topological polar surface area (TPSA) is 49.8 Å². The van der Waals surface area contributed by atoms with Crippen molar-refractivity contribution in [1.29, 1.82) is 0 Å². The Morgan fingerprint density at radius 3 is 2.58 bits per heavy atom. The molecule has 0 unspecified atom stereocenters. The van der Waals surface area contributed by atoms with E-state index in [1.807, 2.05) is 31.2 Å². The van der Waals surface area contributed by atoms with Crippen LogP contribution in [0, 0.1) is 12.7 Å². The lowest BCUT2D eigenvalue weighted by Gasteiger charge is -2.11. The molecule has 0 fully saturated rings. The Hall–Kier alpha value is -2.66. The highest BCUT2D eigenvalue weighted by Crippen LogP contribution is 2.24. The molecule has 2 N–H and O–H groups in total. The molecule has 0 atom stereocenters. The number of aromatic nitrogens is 2. The van der Waals surface area contributed by atoms with Crippen LogP contribution < -0.4 is 10.6 Å². The van der Waals surface area contributed by atoms with E-state index in [0.717, 1.165) is 11.4 Å². The zero-order chi connectivity index (χ0) is 16.9. The fourth-order valence-corrected chi connectivity index (χ4v) is 2.41. The van der Waals surface area contributed by atoms with Crippen molar-refractivity contribution in [1.82, 2.24) is 9.97 Å². The Labute approximate surface area is 144 Å². The molecule has 122 valence electrons. The molecular formula is C18H16ClFN4. The molecule has 3 rings (SSSR count). The van der Waals surface area contributed by atoms with Gasteiger partial charge in [-0.25, -0.2) is 9.37 Å². The molecule has 0 radical (unpaired) electrons. The number of anilines is 3. The molecule has 0 saturated carbocycles. The van der Waals surface area contributed by atoms with Crippen LogP contribution in [0.25, 0.3) is 0 Å². The summed E-state index contributed by atoms with van der Waals surface area (Å²) in [4.78, 5) is 8.73.